The summed E-state index contributed by atoms with van der Waals surface area (Å²) >= 11 is 0. The summed E-state index contributed by atoms with van der Waals surface area (Å²) in [5.74, 6) is 0.541. The van der Waals surface area contributed by atoms with E-state index >= 15 is 0 Å². The molecule has 42 heavy (non-hydrogen) atoms. The van der Waals surface area contributed by atoms with Crippen LogP contribution < -0.4 is 19.9 Å². The number of benzene rings is 3. The number of rotatable bonds is 5. The molecule has 3 aliphatic rings. The molecule has 7 nitrogen and oxygen atoms in total. The zero-order valence-electron chi connectivity index (χ0n) is 24.4. The maximum atomic E-state index is 14.0. The van der Waals surface area contributed by atoms with E-state index in [-0.39, 0.29) is 29.5 Å². The maximum absolute atomic E-state index is 14.0. The molecule has 1 saturated heterocycles. The summed E-state index contributed by atoms with van der Waals surface area (Å²) in [5.41, 5.74) is 5.08. The molecule has 0 aromatic heterocycles. The van der Waals surface area contributed by atoms with Crippen LogP contribution in [0.2, 0.25) is 0 Å². The molecule has 8 heteroatoms. The molecule has 0 spiro atoms. The van der Waals surface area contributed by atoms with Gasteiger partial charge in [0.1, 0.15) is 11.6 Å². The molecule has 2 heterocycles. The van der Waals surface area contributed by atoms with Gasteiger partial charge in [-0.25, -0.2) is 4.39 Å². The predicted molar refractivity (Wildman–Crippen MR) is 163 cm³/mol. The number of anilines is 3. The Morgan fingerprint density at radius 1 is 0.976 bits per heavy atom. The van der Waals surface area contributed by atoms with Crippen molar-refractivity contribution in [1.82, 2.24) is 4.90 Å². The van der Waals surface area contributed by atoms with Crippen molar-refractivity contribution in [2.45, 2.75) is 32.7 Å². The van der Waals surface area contributed by atoms with Crippen LogP contribution in [0.5, 0.6) is 5.75 Å². The van der Waals surface area contributed by atoms with E-state index in [2.05, 4.69) is 29.0 Å². The first kappa shape index (κ1) is 27.8. The molecule has 2 aliphatic heterocycles. The van der Waals surface area contributed by atoms with Crippen LogP contribution in [-0.2, 0) is 9.59 Å². The number of halogens is 1. The Balaban J connectivity index is 1.35. The minimum Gasteiger partial charge on any atom is -0.497 e. The summed E-state index contributed by atoms with van der Waals surface area (Å²) < 4.78 is 19.0. The second-order valence-corrected chi connectivity index (χ2v) is 12.1. The lowest BCUT2D eigenvalue weighted by atomic mass is 9.73. The Labute approximate surface area is 246 Å². The lowest BCUT2D eigenvalue weighted by Gasteiger charge is -2.40. The van der Waals surface area contributed by atoms with Gasteiger partial charge >= 0.3 is 0 Å². The van der Waals surface area contributed by atoms with Crippen LogP contribution in [0.15, 0.2) is 84.1 Å². The number of fused-ring (bicyclic) bond motifs is 1. The quantitative estimate of drug-likeness (QED) is 0.420. The first-order chi connectivity index (χ1) is 20.2. The second-order valence-electron chi connectivity index (χ2n) is 12.1. The number of carbonyl (C=O) groups excluding carboxylic acids is 2. The largest absolute Gasteiger partial charge is 0.497 e. The number of nitrogens with one attached hydrogen (secondary N) is 1. The number of allylic oxidation sites excluding steroid dienone is 1. The van der Waals surface area contributed by atoms with Crippen molar-refractivity contribution in [3.05, 3.63) is 95.4 Å². The number of ether oxygens (including phenoxy) is 1. The number of amides is 1. The van der Waals surface area contributed by atoms with Gasteiger partial charge in [0, 0.05) is 49.6 Å². The normalized spacial score (nSPS) is 20.0. The van der Waals surface area contributed by atoms with Crippen molar-refractivity contribution in [2.24, 2.45) is 5.41 Å². The highest BCUT2D eigenvalue weighted by molar-refractivity contribution is 6.02. The predicted octanol–water partition coefficient (Wildman–Crippen LogP) is 5.80. The van der Waals surface area contributed by atoms with Crippen molar-refractivity contribution in [2.75, 3.05) is 55.0 Å². The first-order valence-corrected chi connectivity index (χ1v) is 14.5. The smallest absolute Gasteiger partial charge is 0.242 e. The number of nitrogens with zero attached hydrogens (tertiary/aromatic N) is 3. The van der Waals surface area contributed by atoms with E-state index in [0.29, 0.717) is 43.9 Å². The fourth-order valence-corrected chi connectivity index (χ4v) is 6.50. The number of hydrogen-bond acceptors (Lipinski definition) is 6. The summed E-state index contributed by atoms with van der Waals surface area (Å²) in [4.78, 5) is 34.1. The molecule has 3 aromatic rings. The van der Waals surface area contributed by atoms with Gasteiger partial charge in [-0.1, -0.05) is 38.1 Å². The lowest BCUT2D eigenvalue weighted by molar-refractivity contribution is -0.130. The number of methoxy groups -OCH3 is 1. The molecular formula is C34H37FN4O3. The van der Waals surface area contributed by atoms with Crippen molar-refractivity contribution in [3.8, 4) is 5.75 Å². The number of hydrogen-bond donors (Lipinski definition) is 1. The van der Waals surface area contributed by atoms with Gasteiger partial charge in [0.25, 0.3) is 0 Å². The maximum Gasteiger partial charge on any atom is 0.242 e. The van der Waals surface area contributed by atoms with Crippen LogP contribution in [0.25, 0.3) is 0 Å². The number of piperazine rings is 1. The molecule has 0 radical (unpaired) electrons. The zero-order chi connectivity index (χ0) is 29.4. The molecule has 1 unspecified atom stereocenters. The molecular weight excluding hydrogens is 531 g/mol. The van der Waals surface area contributed by atoms with Crippen molar-refractivity contribution in [3.63, 3.8) is 0 Å². The van der Waals surface area contributed by atoms with E-state index in [0.717, 1.165) is 34.7 Å². The second kappa shape index (κ2) is 11.2. The lowest BCUT2D eigenvalue weighted by Crippen LogP contribution is -2.52. The Bertz CT molecular complexity index is 1530. The highest BCUT2D eigenvalue weighted by Gasteiger charge is 2.42. The number of carbonyl (C=O) groups is 2. The molecule has 1 N–H and O–H groups in total. The van der Waals surface area contributed by atoms with Gasteiger partial charge in [0.05, 0.1) is 31.1 Å². The molecule has 1 aliphatic carbocycles. The third-order valence-electron chi connectivity index (χ3n) is 8.54. The third-order valence-corrected chi connectivity index (χ3v) is 8.54. The van der Waals surface area contributed by atoms with Gasteiger partial charge in [-0.2, -0.15) is 0 Å². The SMILES string of the molecule is COc1cccc(C2C3=C(CC(C)(C)CC3=O)Nc3ccccc3N2CC(=O)N2CCN(c3ccc(F)cc3)CC2)c1. The van der Waals surface area contributed by atoms with E-state index in [9.17, 15) is 14.0 Å². The van der Waals surface area contributed by atoms with Gasteiger partial charge in [-0.05, 0) is 65.9 Å². The number of Topliss-reactive ketones (excluding diaryl/α,β-unsaturated/α-hetero) is 1. The number of para-hydroxylation sites is 2. The van der Waals surface area contributed by atoms with Crippen LogP contribution >= 0.6 is 0 Å². The fraction of sp³-hybridized carbons (Fsp3) is 0.353. The molecule has 1 atom stereocenters. The standard InChI is InChI=1S/C34H37FN4O3/c1-34(2)20-28-32(30(40)21-34)33(23-7-6-8-26(19-23)42-3)39(29-10-5-4-9-27(29)36-28)22-31(41)38-17-15-37(16-18-38)25-13-11-24(35)12-14-25/h4-14,19,33,36H,15-18,20-22H2,1-3H3. The van der Waals surface area contributed by atoms with Gasteiger partial charge in [0.2, 0.25) is 5.91 Å². The van der Waals surface area contributed by atoms with Crippen molar-refractivity contribution >= 4 is 28.8 Å². The summed E-state index contributed by atoms with van der Waals surface area (Å²) in [6, 6.07) is 21.8. The Kier molecular flexibility index (Phi) is 7.39. The third kappa shape index (κ3) is 5.45. The van der Waals surface area contributed by atoms with Gasteiger partial charge in [-0.3, -0.25) is 9.59 Å². The minimum atomic E-state index is -0.459. The fourth-order valence-electron chi connectivity index (χ4n) is 6.50. The summed E-state index contributed by atoms with van der Waals surface area (Å²) in [6.45, 7) is 6.82. The van der Waals surface area contributed by atoms with E-state index < -0.39 is 6.04 Å². The molecule has 0 bridgehead atoms. The van der Waals surface area contributed by atoms with Gasteiger partial charge < -0.3 is 24.8 Å². The summed E-state index contributed by atoms with van der Waals surface area (Å²) in [5, 5.41) is 3.61. The molecule has 6 rings (SSSR count). The zero-order valence-corrected chi connectivity index (χ0v) is 24.4. The monoisotopic (exact) mass is 568 g/mol. The van der Waals surface area contributed by atoms with Crippen molar-refractivity contribution < 1.29 is 18.7 Å². The van der Waals surface area contributed by atoms with Crippen LogP contribution in [0.1, 0.15) is 38.3 Å². The van der Waals surface area contributed by atoms with Crippen LogP contribution in [0, 0.1) is 11.2 Å². The number of ketones is 1. The van der Waals surface area contributed by atoms with E-state index in [1.165, 1.54) is 12.1 Å². The Morgan fingerprint density at radius 3 is 2.45 bits per heavy atom. The van der Waals surface area contributed by atoms with Crippen LogP contribution in [0.4, 0.5) is 21.5 Å². The van der Waals surface area contributed by atoms with Crippen molar-refractivity contribution in [1.29, 1.82) is 0 Å². The van der Waals surface area contributed by atoms with Gasteiger partial charge in [0.15, 0.2) is 5.78 Å². The summed E-state index contributed by atoms with van der Waals surface area (Å²) in [7, 11) is 1.63. The average Bonchev–Trinajstić information content (AvgIpc) is 3.11. The van der Waals surface area contributed by atoms with Crippen LogP contribution in [-0.4, -0.2) is 56.4 Å². The molecule has 218 valence electrons. The average molecular weight is 569 g/mol. The molecule has 0 saturated carbocycles. The van der Waals surface area contributed by atoms with E-state index in [1.54, 1.807) is 19.2 Å². The Morgan fingerprint density at radius 2 is 1.71 bits per heavy atom. The topological polar surface area (TPSA) is 65.1 Å². The summed E-state index contributed by atoms with van der Waals surface area (Å²) in [6.07, 6.45) is 1.17. The van der Waals surface area contributed by atoms with E-state index in [4.69, 9.17) is 4.74 Å². The first-order valence-electron chi connectivity index (χ1n) is 14.5. The molecule has 1 fully saturated rings. The molecule has 1 amide bonds. The Hall–Kier alpha value is -4.33. The van der Waals surface area contributed by atoms with Gasteiger partial charge in [-0.15, -0.1) is 0 Å². The minimum absolute atomic E-state index is 0.00379. The highest BCUT2D eigenvalue weighted by atomic mass is 19.1. The van der Waals surface area contributed by atoms with Crippen LogP contribution in [0.3, 0.4) is 0 Å². The molecule has 3 aromatic carbocycles. The highest BCUT2D eigenvalue weighted by Crippen LogP contribution is 2.48. The van der Waals surface area contributed by atoms with E-state index in [1.807, 2.05) is 53.4 Å².